The minimum Gasteiger partial charge on any atom is -0.466 e. The Morgan fingerprint density at radius 1 is 1.04 bits per heavy atom. The molecule has 2 aliphatic rings. The third-order valence-corrected chi connectivity index (χ3v) is 5.56. The van der Waals surface area contributed by atoms with Gasteiger partial charge in [0, 0.05) is 32.1 Å². The number of piperazine rings is 1. The van der Waals surface area contributed by atoms with Crippen molar-refractivity contribution in [1.82, 2.24) is 9.80 Å². The van der Waals surface area contributed by atoms with Crippen LogP contribution in [-0.2, 0) is 4.79 Å². The summed E-state index contributed by atoms with van der Waals surface area (Å²) < 4.78 is 18.5. The molecule has 0 N–H and O–H groups in total. The second-order valence-corrected chi connectivity index (χ2v) is 7.44. The van der Waals surface area contributed by atoms with Crippen LogP contribution in [0, 0.1) is 25.6 Å². The fourth-order valence-corrected chi connectivity index (χ4v) is 3.92. The molecule has 5 nitrogen and oxygen atoms in total. The van der Waals surface area contributed by atoms with E-state index in [9.17, 15) is 14.0 Å². The van der Waals surface area contributed by atoms with Gasteiger partial charge in [-0.2, -0.15) is 0 Å². The number of amides is 2. The van der Waals surface area contributed by atoms with Crippen molar-refractivity contribution in [2.45, 2.75) is 26.2 Å². The summed E-state index contributed by atoms with van der Waals surface area (Å²) in [5.41, 5.74) is 1.63. The number of carbonyl (C=O) groups is 2. The number of nitrogens with zero attached hydrogens (tertiary/aromatic N) is 2. The van der Waals surface area contributed by atoms with Gasteiger partial charge < -0.3 is 14.2 Å². The van der Waals surface area contributed by atoms with Gasteiger partial charge in [0.2, 0.25) is 5.91 Å². The van der Waals surface area contributed by atoms with E-state index >= 15 is 0 Å². The highest BCUT2D eigenvalue weighted by molar-refractivity contribution is 5.95. The van der Waals surface area contributed by atoms with Gasteiger partial charge in [0.25, 0.3) is 5.91 Å². The molecule has 2 fully saturated rings. The molecule has 0 spiro atoms. The normalized spacial score (nSPS) is 22.0. The van der Waals surface area contributed by atoms with Crippen molar-refractivity contribution in [1.29, 1.82) is 0 Å². The summed E-state index contributed by atoms with van der Waals surface area (Å²) in [6.07, 6.45) is 0.817. The van der Waals surface area contributed by atoms with Crippen LogP contribution in [0.2, 0.25) is 0 Å². The van der Waals surface area contributed by atoms with Crippen molar-refractivity contribution in [2.24, 2.45) is 5.92 Å². The van der Waals surface area contributed by atoms with Crippen LogP contribution in [0.4, 0.5) is 4.39 Å². The molecule has 1 saturated carbocycles. The Labute approximate surface area is 157 Å². The number of carbonyl (C=O) groups excluding carboxylic acids is 2. The number of furan rings is 1. The van der Waals surface area contributed by atoms with Gasteiger partial charge in [0.1, 0.15) is 17.3 Å². The summed E-state index contributed by atoms with van der Waals surface area (Å²) in [6.45, 7) is 5.78. The predicted octanol–water partition coefficient (Wildman–Crippen LogP) is 3.12. The molecule has 2 heterocycles. The van der Waals surface area contributed by atoms with Gasteiger partial charge in [-0.15, -0.1) is 0 Å². The number of hydrogen-bond donors (Lipinski definition) is 0. The average Bonchev–Trinajstić information content (AvgIpc) is 3.39. The summed E-state index contributed by atoms with van der Waals surface area (Å²) in [6, 6.07) is 8.18. The van der Waals surface area contributed by atoms with Crippen molar-refractivity contribution in [3.05, 3.63) is 58.8 Å². The van der Waals surface area contributed by atoms with Crippen LogP contribution in [0.15, 0.2) is 34.7 Å². The molecule has 4 rings (SSSR count). The first-order valence-corrected chi connectivity index (χ1v) is 9.34. The van der Waals surface area contributed by atoms with Crippen molar-refractivity contribution in [3.8, 4) is 0 Å². The smallest absolute Gasteiger partial charge is 0.257 e. The third-order valence-electron chi connectivity index (χ3n) is 5.56. The Morgan fingerprint density at radius 2 is 1.67 bits per heavy atom. The molecule has 1 saturated heterocycles. The minimum atomic E-state index is -0.258. The van der Waals surface area contributed by atoms with Crippen LogP contribution < -0.4 is 0 Å². The van der Waals surface area contributed by atoms with Gasteiger partial charge in [-0.05, 0) is 49.9 Å². The van der Waals surface area contributed by atoms with Crippen LogP contribution in [0.3, 0.4) is 0 Å². The lowest BCUT2D eigenvalue weighted by atomic mass is 10.1. The van der Waals surface area contributed by atoms with E-state index in [4.69, 9.17) is 4.42 Å². The maximum absolute atomic E-state index is 13.1. The fraction of sp³-hybridized carbons (Fsp3) is 0.429. The topological polar surface area (TPSA) is 53.8 Å². The number of benzene rings is 1. The molecule has 2 amide bonds. The maximum atomic E-state index is 13.1. The molecule has 1 aliphatic carbocycles. The van der Waals surface area contributed by atoms with Crippen LogP contribution in [0.1, 0.15) is 39.8 Å². The van der Waals surface area contributed by atoms with E-state index in [0.29, 0.717) is 37.5 Å². The quantitative estimate of drug-likeness (QED) is 0.834. The summed E-state index contributed by atoms with van der Waals surface area (Å²) >= 11 is 0. The molecule has 1 aromatic heterocycles. The SMILES string of the molecule is Cc1cc(C(=O)N2CCN(C(=O)C3CC3c3ccc(F)cc3)CC2)c(C)o1. The van der Waals surface area contributed by atoms with Crippen molar-refractivity contribution >= 4 is 11.8 Å². The zero-order valence-corrected chi connectivity index (χ0v) is 15.6. The Hall–Kier alpha value is -2.63. The molecular weight excluding hydrogens is 347 g/mol. The van der Waals surface area contributed by atoms with Gasteiger partial charge in [0.15, 0.2) is 0 Å². The first-order valence-electron chi connectivity index (χ1n) is 9.34. The second kappa shape index (κ2) is 6.83. The monoisotopic (exact) mass is 370 g/mol. The van der Waals surface area contributed by atoms with Crippen molar-refractivity contribution in [3.63, 3.8) is 0 Å². The number of halogens is 1. The zero-order chi connectivity index (χ0) is 19.1. The van der Waals surface area contributed by atoms with Crippen LogP contribution in [0.5, 0.6) is 0 Å². The lowest BCUT2D eigenvalue weighted by Gasteiger charge is -2.35. The standard InChI is InChI=1S/C21H23FN2O3/c1-13-11-17(14(2)27-13)20(25)23-7-9-24(10-8-23)21(26)19-12-18(19)15-3-5-16(22)6-4-15/h3-6,11,18-19H,7-10,12H2,1-2H3. The Balaban J connectivity index is 1.33. The van der Waals surface area contributed by atoms with Gasteiger partial charge >= 0.3 is 0 Å². The molecule has 142 valence electrons. The fourth-order valence-electron chi connectivity index (χ4n) is 3.92. The summed E-state index contributed by atoms with van der Waals surface area (Å²) in [4.78, 5) is 29.0. The van der Waals surface area contributed by atoms with Gasteiger partial charge in [-0.3, -0.25) is 9.59 Å². The van der Waals surface area contributed by atoms with Crippen LogP contribution in [0.25, 0.3) is 0 Å². The highest BCUT2D eigenvalue weighted by Crippen LogP contribution is 2.48. The molecular formula is C21H23FN2O3. The van der Waals surface area contributed by atoms with E-state index < -0.39 is 0 Å². The Morgan fingerprint density at radius 3 is 2.26 bits per heavy atom. The van der Waals surface area contributed by atoms with Crippen LogP contribution in [-0.4, -0.2) is 47.8 Å². The summed E-state index contributed by atoms with van der Waals surface area (Å²) in [7, 11) is 0. The number of aryl methyl sites for hydroxylation is 2. The molecule has 1 aromatic carbocycles. The molecule has 2 atom stereocenters. The lowest BCUT2D eigenvalue weighted by molar-refractivity contribution is -0.134. The lowest BCUT2D eigenvalue weighted by Crippen LogP contribution is -2.51. The summed E-state index contributed by atoms with van der Waals surface area (Å²) in [5, 5.41) is 0. The number of hydrogen-bond acceptors (Lipinski definition) is 3. The largest absolute Gasteiger partial charge is 0.466 e. The van der Waals surface area contributed by atoms with Crippen LogP contribution >= 0.6 is 0 Å². The van der Waals surface area contributed by atoms with E-state index in [2.05, 4.69) is 0 Å². The van der Waals surface area contributed by atoms with E-state index in [-0.39, 0.29) is 29.5 Å². The van der Waals surface area contributed by atoms with E-state index in [1.54, 1.807) is 30.0 Å². The Kier molecular flexibility index (Phi) is 4.50. The second-order valence-electron chi connectivity index (χ2n) is 7.44. The molecule has 27 heavy (non-hydrogen) atoms. The molecule has 0 radical (unpaired) electrons. The molecule has 0 bridgehead atoms. The van der Waals surface area contributed by atoms with Crippen molar-refractivity contribution < 1.29 is 18.4 Å². The molecule has 2 unspecified atom stereocenters. The van der Waals surface area contributed by atoms with E-state index in [1.807, 2.05) is 11.8 Å². The van der Waals surface area contributed by atoms with E-state index in [0.717, 1.165) is 17.7 Å². The van der Waals surface area contributed by atoms with Gasteiger partial charge in [-0.1, -0.05) is 12.1 Å². The first-order chi connectivity index (χ1) is 12.9. The van der Waals surface area contributed by atoms with Crippen molar-refractivity contribution in [2.75, 3.05) is 26.2 Å². The molecule has 6 heteroatoms. The minimum absolute atomic E-state index is 0.0171. The maximum Gasteiger partial charge on any atom is 0.257 e. The third kappa shape index (κ3) is 3.48. The summed E-state index contributed by atoms with van der Waals surface area (Å²) in [5.74, 6) is 1.39. The highest BCUT2D eigenvalue weighted by Gasteiger charge is 2.46. The average molecular weight is 370 g/mol. The van der Waals surface area contributed by atoms with E-state index in [1.165, 1.54) is 12.1 Å². The van der Waals surface area contributed by atoms with Gasteiger partial charge in [-0.25, -0.2) is 4.39 Å². The predicted molar refractivity (Wildman–Crippen MR) is 97.9 cm³/mol. The number of rotatable bonds is 3. The zero-order valence-electron chi connectivity index (χ0n) is 15.6. The Bertz CT molecular complexity index is 866. The highest BCUT2D eigenvalue weighted by atomic mass is 19.1. The molecule has 2 aromatic rings. The van der Waals surface area contributed by atoms with Gasteiger partial charge in [0.05, 0.1) is 5.56 Å². The molecule has 1 aliphatic heterocycles. The first kappa shape index (κ1) is 17.8.